The van der Waals surface area contributed by atoms with E-state index in [-0.39, 0.29) is 28.4 Å². The summed E-state index contributed by atoms with van der Waals surface area (Å²) in [5.74, 6) is -0.715. The van der Waals surface area contributed by atoms with Crippen molar-refractivity contribution in [2.45, 2.75) is 6.92 Å². The number of ether oxygens (including phenoxy) is 1. The van der Waals surface area contributed by atoms with Crippen molar-refractivity contribution in [1.82, 2.24) is 5.43 Å². The zero-order chi connectivity index (χ0) is 19.1. The summed E-state index contributed by atoms with van der Waals surface area (Å²) in [6, 6.07) is 11.6. The van der Waals surface area contributed by atoms with Gasteiger partial charge >= 0.3 is 5.69 Å². The van der Waals surface area contributed by atoms with Crippen molar-refractivity contribution in [2.75, 3.05) is 6.61 Å². The number of nitro groups is 2. The fourth-order valence-electron chi connectivity index (χ4n) is 2.05. The number of nitrogens with one attached hydrogen (secondary N) is 1. The lowest BCUT2D eigenvalue weighted by molar-refractivity contribution is -0.385. The van der Waals surface area contributed by atoms with Crippen molar-refractivity contribution >= 4 is 23.0 Å². The lowest BCUT2D eigenvalue weighted by atomic mass is 10.1. The summed E-state index contributed by atoms with van der Waals surface area (Å²) in [4.78, 5) is 32.5. The lowest BCUT2D eigenvalue weighted by Crippen LogP contribution is -2.25. The molecule has 10 heteroatoms. The molecule has 0 aliphatic heterocycles. The SMILES string of the molecule is C/C(=N/NC(=O)COc1ccccc1[N+](=O)[O-])c1ccccc1[N+](=O)[O-]. The predicted octanol–water partition coefficient (Wildman–Crippen LogP) is 2.42. The minimum atomic E-state index is -0.666. The molecule has 0 heterocycles. The van der Waals surface area contributed by atoms with Crippen molar-refractivity contribution in [2.24, 2.45) is 5.10 Å². The lowest BCUT2D eigenvalue weighted by Gasteiger charge is -2.06. The van der Waals surface area contributed by atoms with Gasteiger partial charge in [0.1, 0.15) is 0 Å². The molecule has 2 rings (SSSR count). The van der Waals surface area contributed by atoms with Gasteiger partial charge in [-0.25, -0.2) is 5.43 Å². The van der Waals surface area contributed by atoms with E-state index in [9.17, 15) is 25.0 Å². The maximum atomic E-state index is 11.8. The maximum Gasteiger partial charge on any atom is 0.310 e. The van der Waals surface area contributed by atoms with Gasteiger partial charge in [-0.1, -0.05) is 24.3 Å². The van der Waals surface area contributed by atoms with Gasteiger partial charge in [0.15, 0.2) is 12.4 Å². The van der Waals surface area contributed by atoms with Crippen LogP contribution in [0.4, 0.5) is 11.4 Å². The molecular formula is C16H14N4O6. The first-order chi connectivity index (χ1) is 12.4. The van der Waals surface area contributed by atoms with Crippen LogP contribution in [-0.4, -0.2) is 28.1 Å². The average molecular weight is 358 g/mol. The fraction of sp³-hybridized carbons (Fsp3) is 0.125. The van der Waals surface area contributed by atoms with Crippen LogP contribution in [0.25, 0.3) is 0 Å². The van der Waals surface area contributed by atoms with Crippen molar-refractivity contribution in [3.05, 3.63) is 74.3 Å². The van der Waals surface area contributed by atoms with Crippen molar-refractivity contribution < 1.29 is 19.4 Å². The fourth-order valence-corrected chi connectivity index (χ4v) is 2.05. The second kappa shape index (κ2) is 8.33. The van der Waals surface area contributed by atoms with E-state index in [0.717, 1.165) is 0 Å². The van der Waals surface area contributed by atoms with E-state index in [1.807, 2.05) is 0 Å². The molecule has 26 heavy (non-hydrogen) atoms. The summed E-state index contributed by atoms with van der Waals surface area (Å²) in [6.07, 6.45) is 0. The number of para-hydroxylation sites is 3. The van der Waals surface area contributed by atoms with Crippen LogP contribution >= 0.6 is 0 Å². The molecule has 0 aliphatic rings. The Kier molecular flexibility index (Phi) is 5.93. The molecule has 10 nitrogen and oxygen atoms in total. The second-order valence-electron chi connectivity index (χ2n) is 5.02. The molecular weight excluding hydrogens is 344 g/mol. The Hall–Kier alpha value is -3.82. The summed E-state index contributed by atoms with van der Waals surface area (Å²) >= 11 is 0. The first kappa shape index (κ1) is 18.5. The average Bonchev–Trinajstić information content (AvgIpc) is 2.64. The number of hydrogen-bond acceptors (Lipinski definition) is 7. The number of amides is 1. The number of carbonyl (C=O) groups excluding carboxylic acids is 1. The highest BCUT2D eigenvalue weighted by Crippen LogP contribution is 2.25. The van der Waals surface area contributed by atoms with E-state index in [0.29, 0.717) is 0 Å². The smallest absolute Gasteiger partial charge is 0.310 e. The van der Waals surface area contributed by atoms with E-state index < -0.39 is 22.4 Å². The first-order valence-electron chi connectivity index (χ1n) is 7.33. The molecule has 0 aromatic heterocycles. The maximum absolute atomic E-state index is 11.8. The van der Waals surface area contributed by atoms with Gasteiger partial charge < -0.3 is 4.74 Å². The molecule has 2 aromatic rings. The van der Waals surface area contributed by atoms with Gasteiger partial charge in [-0.05, 0) is 19.1 Å². The summed E-state index contributed by atoms with van der Waals surface area (Å²) in [6.45, 7) is 1.00. The highest BCUT2D eigenvalue weighted by molar-refractivity contribution is 6.02. The molecule has 1 amide bonds. The molecule has 0 spiro atoms. The number of hydrogen-bond donors (Lipinski definition) is 1. The Morgan fingerprint density at radius 1 is 1.04 bits per heavy atom. The van der Waals surface area contributed by atoms with Gasteiger partial charge in [0.05, 0.1) is 21.1 Å². The van der Waals surface area contributed by atoms with Crippen LogP contribution in [-0.2, 0) is 4.79 Å². The third kappa shape index (κ3) is 4.60. The predicted molar refractivity (Wildman–Crippen MR) is 92.0 cm³/mol. The van der Waals surface area contributed by atoms with E-state index in [1.54, 1.807) is 6.07 Å². The van der Waals surface area contributed by atoms with Crippen LogP contribution in [0.2, 0.25) is 0 Å². The Morgan fingerprint density at radius 3 is 2.27 bits per heavy atom. The Morgan fingerprint density at radius 2 is 1.62 bits per heavy atom. The largest absolute Gasteiger partial charge is 0.477 e. The van der Waals surface area contributed by atoms with E-state index >= 15 is 0 Å². The van der Waals surface area contributed by atoms with Gasteiger partial charge in [0.25, 0.3) is 11.6 Å². The number of nitro benzene ring substituents is 2. The Bertz CT molecular complexity index is 881. The Labute approximate surface area is 147 Å². The number of benzene rings is 2. The summed E-state index contributed by atoms with van der Waals surface area (Å²) in [5, 5.41) is 25.7. The first-order valence-corrected chi connectivity index (χ1v) is 7.33. The highest BCUT2D eigenvalue weighted by atomic mass is 16.6. The standard InChI is InChI=1S/C16H14N4O6/c1-11(12-6-2-3-7-13(12)19(22)23)17-18-16(21)10-26-15-9-5-4-8-14(15)20(24)25/h2-9H,10H2,1H3,(H,18,21)/b17-11-. The van der Waals surface area contributed by atoms with Crippen molar-refractivity contribution in [3.8, 4) is 5.75 Å². The molecule has 0 aliphatic carbocycles. The van der Waals surface area contributed by atoms with Gasteiger partial charge in [0.2, 0.25) is 0 Å². The topological polar surface area (TPSA) is 137 Å². The van der Waals surface area contributed by atoms with Crippen LogP contribution in [0.15, 0.2) is 53.6 Å². The molecule has 134 valence electrons. The molecule has 0 saturated carbocycles. The number of rotatable bonds is 7. The molecule has 2 aromatic carbocycles. The molecule has 0 atom stereocenters. The van der Waals surface area contributed by atoms with Crippen LogP contribution in [0.1, 0.15) is 12.5 Å². The highest BCUT2D eigenvalue weighted by Gasteiger charge is 2.16. The number of nitrogens with zero attached hydrogens (tertiary/aromatic N) is 3. The van der Waals surface area contributed by atoms with Crippen molar-refractivity contribution in [3.63, 3.8) is 0 Å². The van der Waals surface area contributed by atoms with E-state index in [2.05, 4.69) is 10.5 Å². The Balaban J connectivity index is 2.02. The number of hydrazone groups is 1. The van der Waals surface area contributed by atoms with Gasteiger partial charge in [0, 0.05) is 12.1 Å². The van der Waals surface area contributed by atoms with Gasteiger partial charge in [-0.3, -0.25) is 25.0 Å². The molecule has 1 N–H and O–H groups in total. The molecule has 0 fully saturated rings. The van der Waals surface area contributed by atoms with E-state index in [4.69, 9.17) is 4.74 Å². The zero-order valence-corrected chi connectivity index (χ0v) is 13.6. The molecule has 0 bridgehead atoms. The summed E-state index contributed by atoms with van der Waals surface area (Å²) < 4.78 is 5.13. The van der Waals surface area contributed by atoms with Crippen LogP contribution < -0.4 is 10.2 Å². The quantitative estimate of drug-likeness (QED) is 0.458. The van der Waals surface area contributed by atoms with Gasteiger partial charge in [-0.15, -0.1) is 0 Å². The normalized spacial score (nSPS) is 10.9. The third-order valence-electron chi connectivity index (χ3n) is 3.26. The van der Waals surface area contributed by atoms with E-state index in [1.165, 1.54) is 49.4 Å². The van der Waals surface area contributed by atoms with Crippen LogP contribution in [0.3, 0.4) is 0 Å². The molecule has 0 radical (unpaired) electrons. The minimum absolute atomic E-state index is 0.0490. The second-order valence-corrected chi connectivity index (χ2v) is 5.02. The van der Waals surface area contributed by atoms with Crippen LogP contribution in [0, 0.1) is 20.2 Å². The molecule has 0 saturated heterocycles. The summed E-state index contributed by atoms with van der Waals surface area (Å²) in [5.41, 5.74) is 2.29. The molecule has 0 unspecified atom stereocenters. The van der Waals surface area contributed by atoms with Gasteiger partial charge in [-0.2, -0.15) is 5.10 Å². The van der Waals surface area contributed by atoms with Crippen LogP contribution in [0.5, 0.6) is 5.75 Å². The number of carbonyl (C=O) groups is 1. The minimum Gasteiger partial charge on any atom is -0.477 e. The third-order valence-corrected chi connectivity index (χ3v) is 3.26. The van der Waals surface area contributed by atoms with Crippen molar-refractivity contribution in [1.29, 1.82) is 0 Å². The summed E-state index contributed by atoms with van der Waals surface area (Å²) in [7, 11) is 0. The zero-order valence-electron chi connectivity index (χ0n) is 13.6. The monoisotopic (exact) mass is 358 g/mol.